The third kappa shape index (κ3) is 2.22. The Labute approximate surface area is 120 Å². The van der Waals surface area contributed by atoms with Crippen molar-refractivity contribution < 1.29 is 4.79 Å². The van der Waals surface area contributed by atoms with E-state index in [4.69, 9.17) is 0 Å². The van der Waals surface area contributed by atoms with Crippen molar-refractivity contribution in [3.8, 4) is 0 Å². The van der Waals surface area contributed by atoms with Gasteiger partial charge in [-0.25, -0.2) is 4.98 Å². The maximum atomic E-state index is 12.0. The second-order valence-corrected chi connectivity index (χ2v) is 7.06. The van der Waals surface area contributed by atoms with Crippen molar-refractivity contribution in [2.45, 2.75) is 51.0 Å². The fourth-order valence-electron chi connectivity index (χ4n) is 3.56. The summed E-state index contributed by atoms with van der Waals surface area (Å²) < 4.78 is 0. The zero-order valence-electron chi connectivity index (χ0n) is 12.6. The van der Waals surface area contributed by atoms with E-state index in [2.05, 4.69) is 42.0 Å². The van der Waals surface area contributed by atoms with Crippen LogP contribution in [0.15, 0.2) is 18.3 Å². The van der Waals surface area contributed by atoms with Crippen LogP contribution in [-0.2, 0) is 10.2 Å². The van der Waals surface area contributed by atoms with Gasteiger partial charge in [0.2, 0.25) is 5.91 Å². The minimum atomic E-state index is -0.00627. The van der Waals surface area contributed by atoms with E-state index < -0.39 is 0 Å². The van der Waals surface area contributed by atoms with Gasteiger partial charge in [0.1, 0.15) is 5.82 Å². The Morgan fingerprint density at radius 2 is 2.00 bits per heavy atom. The lowest BCUT2D eigenvalue weighted by atomic mass is 9.68. The Bertz CT molecular complexity index is 525. The molecule has 0 unspecified atom stereocenters. The fourth-order valence-corrected chi connectivity index (χ4v) is 3.56. The molecule has 108 valence electrons. The Hall–Kier alpha value is -1.42. The van der Waals surface area contributed by atoms with E-state index >= 15 is 0 Å². The average molecular weight is 273 g/mol. The Morgan fingerprint density at radius 3 is 2.65 bits per heavy atom. The van der Waals surface area contributed by atoms with Gasteiger partial charge in [-0.2, -0.15) is 0 Å². The van der Waals surface area contributed by atoms with Crippen LogP contribution in [0, 0.1) is 0 Å². The number of rotatable bonds is 0. The molecule has 1 aromatic rings. The van der Waals surface area contributed by atoms with Gasteiger partial charge in [0.15, 0.2) is 0 Å². The highest BCUT2D eigenvalue weighted by atomic mass is 16.1. The smallest absolute Gasteiger partial charge is 0.226 e. The van der Waals surface area contributed by atoms with Crippen molar-refractivity contribution in [3.05, 3.63) is 23.9 Å². The van der Waals surface area contributed by atoms with Gasteiger partial charge in [0.25, 0.3) is 0 Å². The van der Waals surface area contributed by atoms with Crippen molar-refractivity contribution >= 4 is 11.7 Å². The van der Waals surface area contributed by atoms with E-state index in [9.17, 15) is 4.79 Å². The maximum absolute atomic E-state index is 12.0. The van der Waals surface area contributed by atoms with Gasteiger partial charge in [-0.15, -0.1) is 0 Å². The summed E-state index contributed by atoms with van der Waals surface area (Å²) in [5.41, 5.74) is 1.43. The molecule has 2 aliphatic rings. The van der Waals surface area contributed by atoms with E-state index in [0.717, 1.165) is 31.7 Å². The highest BCUT2D eigenvalue weighted by Gasteiger charge is 2.44. The largest absolute Gasteiger partial charge is 0.310 e. The van der Waals surface area contributed by atoms with Crippen LogP contribution in [0.1, 0.15) is 45.6 Å². The lowest BCUT2D eigenvalue weighted by Gasteiger charge is -2.48. The number of hydrogen-bond acceptors (Lipinski definition) is 3. The van der Waals surface area contributed by atoms with Gasteiger partial charge in [0, 0.05) is 29.1 Å². The SMILES string of the molecule is CC(C)(C)N1CCC2(CC1)CC(=O)Nc1ncccc12. The van der Waals surface area contributed by atoms with Crippen LogP contribution < -0.4 is 5.32 Å². The molecule has 0 radical (unpaired) electrons. The van der Waals surface area contributed by atoms with Crippen molar-refractivity contribution in [2.24, 2.45) is 0 Å². The average Bonchev–Trinajstić information content (AvgIpc) is 2.38. The number of pyridine rings is 1. The highest BCUT2D eigenvalue weighted by molar-refractivity contribution is 5.94. The van der Waals surface area contributed by atoms with Gasteiger partial charge in [0.05, 0.1) is 0 Å². The third-order valence-corrected chi connectivity index (χ3v) is 4.81. The standard InChI is InChI=1S/C16H23N3O/c1-15(2,3)19-9-6-16(7-10-19)11-13(20)18-14-12(16)5-4-8-17-14/h4-5,8H,6-7,9-11H2,1-3H3,(H,17,18,20). The summed E-state index contributed by atoms with van der Waals surface area (Å²) in [4.78, 5) is 18.9. The molecule has 0 bridgehead atoms. The van der Waals surface area contributed by atoms with Gasteiger partial charge in [-0.3, -0.25) is 9.69 Å². The number of carbonyl (C=O) groups excluding carboxylic acids is 1. The predicted octanol–water partition coefficient (Wildman–Crippen LogP) is 2.56. The van der Waals surface area contributed by atoms with Crippen LogP contribution in [0.4, 0.5) is 5.82 Å². The minimum Gasteiger partial charge on any atom is -0.310 e. The van der Waals surface area contributed by atoms with Crippen LogP contribution in [0.25, 0.3) is 0 Å². The number of nitrogens with one attached hydrogen (secondary N) is 1. The second kappa shape index (κ2) is 4.55. The second-order valence-electron chi connectivity index (χ2n) is 7.06. The molecule has 0 saturated carbocycles. The number of nitrogens with zero attached hydrogens (tertiary/aromatic N) is 2. The third-order valence-electron chi connectivity index (χ3n) is 4.81. The first-order valence-electron chi connectivity index (χ1n) is 7.41. The molecule has 1 fully saturated rings. The van der Waals surface area contributed by atoms with Crippen LogP contribution in [-0.4, -0.2) is 34.4 Å². The summed E-state index contributed by atoms with van der Waals surface area (Å²) in [5, 5.41) is 2.91. The zero-order valence-corrected chi connectivity index (χ0v) is 12.6. The molecule has 0 aliphatic carbocycles. The quantitative estimate of drug-likeness (QED) is 0.790. The van der Waals surface area contributed by atoms with E-state index in [1.807, 2.05) is 6.07 Å². The molecule has 0 atom stereocenters. The summed E-state index contributed by atoms with van der Waals surface area (Å²) in [6.07, 6.45) is 4.43. The van der Waals surface area contributed by atoms with E-state index in [1.165, 1.54) is 5.56 Å². The van der Waals surface area contributed by atoms with E-state index in [0.29, 0.717) is 6.42 Å². The van der Waals surface area contributed by atoms with Crippen molar-refractivity contribution in [2.75, 3.05) is 18.4 Å². The number of likely N-dealkylation sites (tertiary alicyclic amines) is 1. The molecule has 1 N–H and O–H groups in total. The number of hydrogen-bond donors (Lipinski definition) is 1. The van der Waals surface area contributed by atoms with E-state index in [-0.39, 0.29) is 16.9 Å². The molecule has 2 aliphatic heterocycles. The molecule has 4 heteroatoms. The molecule has 3 rings (SSSR count). The number of anilines is 1. The first kappa shape index (κ1) is 13.6. The molecule has 1 spiro atoms. The lowest BCUT2D eigenvalue weighted by Crippen LogP contribution is -2.52. The van der Waals surface area contributed by atoms with Crippen molar-refractivity contribution in [1.29, 1.82) is 0 Å². The van der Waals surface area contributed by atoms with Crippen molar-refractivity contribution in [1.82, 2.24) is 9.88 Å². The van der Waals surface area contributed by atoms with Crippen LogP contribution in [0.2, 0.25) is 0 Å². The minimum absolute atomic E-state index is 0.00627. The topological polar surface area (TPSA) is 45.2 Å². The van der Waals surface area contributed by atoms with Crippen molar-refractivity contribution in [3.63, 3.8) is 0 Å². The van der Waals surface area contributed by atoms with Crippen LogP contribution in [0.5, 0.6) is 0 Å². The monoisotopic (exact) mass is 273 g/mol. The number of amides is 1. The van der Waals surface area contributed by atoms with Crippen LogP contribution >= 0.6 is 0 Å². The summed E-state index contributed by atoms with van der Waals surface area (Å²) in [6.45, 7) is 8.87. The molecule has 1 aromatic heterocycles. The van der Waals surface area contributed by atoms with Gasteiger partial charge >= 0.3 is 0 Å². The normalized spacial score (nSPS) is 22.4. The number of piperidine rings is 1. The van der Waals surface area contributed by atoms with E-state index in [1.54, 1.807) is 6.20 Å². The molecule has 1 saturated heterocycles. The number of aromatic nitrogens is 1. The van der Waals surface area contributed by atoms with Gasteiger partial charge in [-0.1, -0.05) is 6.07 Å². The predicted molar refractivity (Wildman–Crippen MR) is 79.7 cm³/mol. The zero-order chi connectivity index (χ0) is 14.4. The molecule has 0 aromatic carbocycles. The van der Waals surface area contributed by atoms with Gasteiger partial charge < -0.3 is 5.32 Å². The summed E-state index contributed by atoms with van der Waals surface area (Å²) in [5.74, 6) is 0.883. The first-order valence-corrected chi connectivity index (χ1v) is 7.41. The first-order chi connectivity index (χ1) is 9.41. The molecule has 3 heterocycles. The lowest BCUT2D eigenvalue weighted by molar-refractivity contribution is -0.118. The Morgan fingerprint density at radius 1 is 1.30 bits per heavy atom. The number of fused-ring (bicyclic) bond motifs is 2. The summed E-state index contributed by atoms with van der Waals surface area (Å²) in [6, 6.07) is 4.11. The number of carbonyl (C=O) groups is 1. The van der Waals surface area contributed by atoms with Gasteiger partial charge in [-0.05, 0) is 52.8 Å². The molecule has 4 nitrogen and oxygen atoms in total. The molecular weight excluding hydrogens is 250 g/mol. The molecule has 1 amide bonds. The maximum Gasteiger partial charge on any atom is 0.226 e. The summed E-state index contributed by atoms with van der Waals surface area (Å²) >= 11 is 0. The summed E-state index contributed by atoms with van der Waals surface area (Å²) in [7, 11) is 0. The fraction of sp³-hybridized carbons (Fsp3) is 0.625. The molecule has 20 heavy (non-hydrogen) atoms. The highest BCUT2D eigenvalue weighted by Crippen LogP contribution is 2.44. The van der Waals surface area contributed by atoms with Crippen LogP contribution in [0.3, 0.4) is 0 Å². The Balaban J connectivity index is 1.89. The molecular formula is C16H23N3O. The Kier molecular flexibility index (Phi) is 3.09.